The summed E-state index contributed by atoms with van der Waals surface area (Å²) in [7, 11) is 1.34. The zero-order valence-electron chi connectivity index (χ0n) is 11.8. The van der Waals surface area contributed by atoms with Gasteiger partial charge in [0.15, 0.2) is 0 Å². The predicted molar refractivity (Wildman–Crippen MR) is 77.6 cm³/mol. The molecule has 4 nitrogen and oxygen atoms in total. The van der Waals surface area contributed by atoms with Crippen LogP contribution in [0.4, 0.5) is 5.69 Å². The number of nitrogens with one attached hydrogen (secondary N) is 1. The Morgan fingerprint density at radius 2 is 2.20 bits per heavy atom. The lowest BCUT2D eigenvalue weighted by molar-refractivity contribution is -0.116. The van der Waals surface area contributed by atoms with E-state index >= 15 is 0 Å². The van der Waals surface area contributed by atoms with Crippen molar-refractivity contribution in [1.29, 1.82) is 0 Å². The van der Waals surface area contributed by atoms with Crippen LogP contribution in [0.5, 0.6) is 0 Å². The zero-order valence-corrected chi connectivity index (χ0v) is 11.8. The average Bonchev–Trinajstić information content (AvgIpc) is 2.93. The van der Waals surface area contributed by atoms with Crippen LogP contribution >= 0.6 is 0 Å². The van der Waals surface area contributed by atoms with Crippen LogP contribution in [0.2, 0.25) is 0 Å². The fourth-order valence-electron chi connectivity index (χ4n) is 2.31. The summed E-state index contributed by atoms with van der Waals surface area (Å²) in [5, 5.41) is 2.88. The molecule has 0 fully saturated rings. The number of esters is 1. The predicted octanol–water partition coefficient (Wildman–Crippen LogP) is 3.08. The molecule has 106 valence electrons. The molecule has 1 aliphatic rings. The highest BCUT2D eigenvalue weighted by Gasteiger charge is 2.15. The summed E-state index contributed by atoms with van der Waals surface area (Å²) in [4.78, 5) is 23.5. The minimum absolute atomic E-state index is 0.0216. The first kappa shape index (κ1) is 14.3. The summed E-state index contributed by atoms with van der Waals surface area (Å²) < 4.78 is 4.68. The van der Waals surface area contributed by atoms with Crippen LogP contribution in [0, 0.1) is 12.8 Å². The highest BCUT2D eigenvalue weighted by atomic mass is 16.5. The fraction of sp³-hybridized carbons (Fsp3) is 0.375. The number of anilines is 1. The summed E-state index contributed by atoms with van der Waals surface area (Å²) in [6.45, 7) is 1.89. The first-order chi connectivity index (χ1) is 9.60. The normalized spacial score (nSPS) is 17.0. The Morgan fingerprint density at radius 1 is 1.40 bits per heavy atom. The minimum atomic E-state index is -0.403. The molecule has 4 heteroatoms. The molecule has 0 saturated carbocycles. The van der Waals surface area contributed by atoms with E-state index in [1.165, 1.54) is 7.11 Å². The van der Waals surface area contributed by atoms with Crippen molar-refractivity contribution in [3.05, 3.63) is 41.5 Å². The van der Waals surface area contributed by atoms with Gasteiger partial charge in [0.1, 0.15) is 0 Å². The highest BCUT2D eigenvalue weighted by molar-refractivity contribution is 5.95. The summed E-state index contributed by atoms with van der Waals surface area (Å²) in [6.07, 6.45) is 6.78. The van der Waals surface area contributed by atoms with E-state index in [0.717, 1.165) is 18.4 Å². The van der Waals surface area contributed by atoms with Crippen molar-refractivity contribution in [2.75, 3.05) is 12.4 Å². The quantitative estimate of drug-likeness (QED) is 0.677. The van der Waals surface area contributed by atoms with Crippen molar-refractivity contribution in [2.24, 2.45) is 5.92 Å². The van der Waals surface area contributed by atoms with E-state index in [1.54, 1.807) is 18.2 Å². The Labute approximate surface area is 118 Å². The molecular formula is C16H19NO3. The first-order valence-electron chi connectivity index (χ1n) is 6.75. The molecule has 1 N–H and O–H groups in total. The average molecular weight is 273 g/mol. The molecule has 20 heavy (non-hydrogen) atoms. The minimum Gasteiger partial charge on any atom is -0.465 e. The second kappa shape index (κ2) is 6.37. The number of ether oxygens (including phenoxy) is 1. The van der Waals surface area contributed by atoms with Gasteiger partial charge in [-0.25, -0.2) is 4.79 Å². The van der Waals surface area contributed by atoms with Crippen molar-refractivity contribution in [2.45, 2.75) is 26.2 Å². The largest absolute Gasteiger partial charge is 0.465 e. The number of amides is 1. The maximum Gasteiger partial charge on any atom is 0.337 e. The van der Waals surface area contributed by atoms with Gasteiger partial charge in [0, 0.05) is 12.1 Å². The lowest BCUT2D eigenvalue weighted by Crippen LogP contribution is -2.16. The van der Waals surface area contributed by atoms with E-state index in [-0.39, 0.29) is 5.91 Å². The van der Waals surface area contributed by atoms with Gasteiger partial charge in [-0.2, -0.15) is 0 Å². The Kier molecular flexibility index (Phi) is 4.56. The maximum absolute atomic E-state index is 12.0. The van der Waals surface area contributed by atoms with Gasteiger partial charge in [-0.3, -0.25) is 4.79 Å². The molecule has 2 rings (SSSR count). The Hall–Kier alpha value is -2.10. The molecule has 0 heterocycles. The van der Waals surface area contributed by atoms with Crippen LogP contribution in [0.15, 0.2) is 30.4 Å². The molecule has 0 spiro atoms. The number of hydrogen-bond donors (Lipinski definition) is 1. The monoisotopic (exact) mass is 273 g/mol. The first-order valence-corrected chi connectivity index (χ1v) is 6.75. The molecule has 0 bridgehead atoms. The van der Waals surface area contributed by atoms with Gasteiger partial charge in [0.25, 0.3) is 0 Å². The van der Waals surface area contributed by atoms with Gasteiger partial charge < -0.3 is 10.1 Å². The van der Waals surface area contributed by atoms with Crippen LogP contribution < -0.4 is 5.32 Å². The smallest absolute Gasteiger partial charge is 0.337 e. The Balaban J connectivity index is 2.05. The molecule has 1 aromatic rings. The number of methoxy groups -OCH3 is 1. The van der Waals surface area contributed by atoms with Crippen LogP contribution in [0.3, 0.4) is 0 Å². The highest BCUT2D eigenvalue weighted by Crippen LogP contribution is 2.22. The molecule has 0 aliphatic heterocycles. The van der Waals surface area contributed by atoms with Gasteiger partial charge >= 0.3 is 5.97 Å². The van der Waals surface area contributed by atoms with Crippen molar-refractivity contribution < 1.29 is 14.3 Å². The molecule has 1 unspecified atom stereocenters. The summed E-state index contributed by atoms with van der Waals surface area (Å²) in [5.74, 6) is -0.0926. The molecule has 1 atom stereocenters. The molecule has 1 amide bonds. The van der Waals surface area contributed by atoms with Gasteiger partial charge in [-0.1, -0.05) is 18.2 Å². The van der Waals surface area contributed by atoms with E-state index < -0.39 is 5.97 Å². The molecule has 1 aromatic carbocycles. The number of benzene rings is 1. The Morgan fingerprint density at radius 3 is 2.85 bits per heavy atom. The zero-order chi connectivity index (χ0) is 14.5. The second-order valence-corrected chi connectivity index (χ2v) is 5.04. The van der Waals surface area contributed by atoms with Gasteiger partial charge in [0.2, 0.25) is 5.91 Å². The molecule has 0 aromatic heterocycles. The van der Waals surface area contributed by atoms with Gasteiger partial charge in [-0.15, -0.1) is 0 Å². The Bertz CT molecular complexity index is 549. The van der Waals surface area contributed by atoms with E-state index in [4.69, 9.17) is 0 Å². The van der Waals surface area contributed by atoms with E-state index in [0.29, 0.717) is 23.6 Å². The van der Waals surface area contributed by atoms with E-state index in [2.05, 4.69) is 22.2 Å². The molecule has 0 radical (unpaired) electrons. The van der Waals surface area contributed by atoms with E-state index in [9.17, 15) is 9.59 Å². The standard InChI is InChI=1S/C16H19NO3/c1-11-7-8-13(16(19)20-2)10-14(11)17-15(18)9-12-5-3-4-6-12/h3,5,7-8,10,12H,4,6,9H2,1-2H3,(H,17,18). The maximum atomic E-state index is 12.0. The van der Waals surface area contributed by atoms with Gasteiger partial charge in [-0.05, 0) is 43.4 Å². The van der Waals surface area contributed by atoms with Crippen molar-refractivity contribution >= 4 is 17.6 Å². The topological polar surface area (TPSA) is 55.4 Å². The molecular weight excluding hydrogens is 254 g/mol. The van der Waals surface area contributed by atoms with Crippen LogP contribution in [-0.2, 0) is 9.53 Å². The van der Waals surface area contributed by atoms with Crippen molar-refractivity contribution in [1.82, 2.24) is 0 Å². The van der Waals surface area contributed by atoms with Gasteiger partial charge in [0.05, 0.1) is 12.7 Å². The SMILES string of the molecule is COC(=O)c1ccc(C)c(NC(=O)CC2C=CCC2)c1. The van der Waals surface area contributed by atoms with Crippen LogP contribution in [-0.4, -0.2) is 19.0 Å². The number of carbonyl (C=O) groups excluding carboxylic acids is 2. The number of aryl methyl sites for hydroxylation is 1. The number of hydrogen-bond acceptors (Lipinski definition) is 3. The third-order valence-corrected chi connectivity index (χ3v) is 3.49. The van der Waals surface area contributed by atoms with E-state index in [1.807, 2.05) is 6.92 Å². The number of allylic oxidation sites excluding steroid dienone is 2. The van der Waals surface area contributed by atoms with Crippen LogP contribution in [0.1, 0.15) is 35.2 Å². The van der Waals surface area contributed by atoms with Crippen LogP contribution in [0.25, 0.3) is 0 Å². The third-order valence-electron chi connectivity index (χ3n) is 3.49. The molecule has 0 saturated heterocycles. The fourth-order valence-corrected chi connectivity index (χ4v) is 2.31. The van der Waals surface area contributed by atoms with Crippen molar-refractivity contribution in [3.63, 3.8) is 0 Å². The summed E-state index contributed by atoms with van der Waals surface area (Å²) in [6, 6.07) is 5.15. The second-order valence-electron chi connectivity index (χ2n) is 5.04. The number of carbonyl (C=O) groups is 2. The lowest BCUT2D eigenvalue weighted by Gasteiger charge is -2.12. The summed E-state index contributed by atoms with van der Waals surface area (Å²) >= 11 is 0. The summed E-state index contributed by atoms with van der Waals surface area (Å²) in [5.41, 5.74) is 2.03. The number of rotatable bonds is 4. The molecule has 1 aliphatic carbocycles. The lowest BCUT2D eigenvalue weighted by atomic mass is 10.0. The third kappa shape index (κ3) is 3.47. The van der Waals surface area contributed by atoms with Crippen molar-refractivity contribution in [3.8, 4) is 0 Å².